The molecule has 88 valence electrons. The lowest BCUT2D eigenvalue weighted by atomic mass is 9.92. The predicted molar refractivity (Wildman–Crippen MR) is 65.7 cm³/mol. The quantitative estimate of drug-likeness (QED) is 0.699. The number of nitrogens with zero attached hydrogens (tertiary/aromatic N) is 1. The minimum absolute atomic E-state index is 0.0914. The van der Waals surface area contributed by atoms with Gasteiger partial charge in [0.25, 0.3) is 0 Å². The Labute approximate surface area is 94.4 Å². The Bertz CT molecular complexity index is 223. The first-order chi connectivity index (χ1) is 7.02. The Balaban J connectivity index is 0.000000921. The second-order valence-electron chi connectivity index (χ2n) is 4.20. The highest BCUT2D eigenvalue weighted by Gasteiger charge is 2.28. The molecule has 1 saturated heterocycles. The van der Waals surface area contributed by atoms with Gasteiger partial charge in [0.1, 0.15) is 0 Å². The third-order valence-electron chi connectivity index (χ3n) is 2.78. The standard InChI is InChI=1S/C11H19NO.C2H6/c1-8(2)12-7-9(3)5-6-11(12)10(4)13;1-2/h9,11H,1,5-7H2,2-4H3;1-2H3/t9-,11+;/m1./s1. The minimum atomic E-state index is 0.0914. The number of allylic oxidation sites excluding steroid dienone is 1. The molecule has 0 saturated carbocycles. The molecule has 0 aliphatic carbocycles. The Morgan fingerprint density at radius 3 is 2.20 bits per heavy atom. The van der Waals surface area contributed by atoms with Crippen molar-refractivity contribution in [3.05, 3.63) is 12.3 Å². The van der Waals surface area contributed by atoms with E-state index in [1.807, 2.05) is 20.8 Å². The van der Waals surface area contributed by atoms with Crippen LogP contribution in [-0.4, -0.2) is 23.3 Å². The van der Waals surface area contributed by atoms with Crippen molar-refractivity contribution in [2.45, 2.75) is 53.5 Å². The summed E-state index contributed by atoms with van der Waals surface area (Å²) in [6, 6.07) is 0.0914. The summed E-state index contributed by atoms with van der Waals surface area (Å²) in [6.45, 7) is 14.8. The van der Waals surface area contributed by atoms with Gasteiger partial charge in [-0.3, -0.25) is 4.79 Å². The number of carbonyl (C=O) groups excluding carboxylic acids is 1. The molecule has 0 aromatic rings. The summed E-state index contributed by atoms with van der Waals surface area (Å²) < 4.78 is 0. The monoisotopic (exact) mass is 211 g/mol. The fourth-order valence-electron chi connectivity index (χ4n) is 2.00. The van der Waals surface area contributed by atoms with Crippen LogP contribution < -0.4 is 0 Å². The lowest BCUT2D eigenvalue weighted by Crippen LogP contribution is -2.44. The van der Waals surface area contributed by atoms with E-state index in [9.17, 15) is 4.79 Å². The summed E-state index contributed by atoms with van der Waals surface area (Å²) in [5.41, 5.74) is 1.02. The second-order valence-corrected chi connectivity index (χ2v) is 4.20. The minimum Gasteiger partial charge on any atom is -0.365 e. The highest BCUT2D eigenvalue weighted by Crippen LogP contribution is 2.24. The average Bonchev–Trinajstić information content (AvgIpc) is 2.20. The predicted octanol–water partition coefficient (Wildman–Crippen LogP) is 3.24. The van der Waals surface area contributed by atoms with Gasteiger partial charge in [-0.1, -0.05) is 27.4 Å². The fourth-order valence-corrected chi connectivity index (χ4v) is 2.00. The summed E-state index contributed by atoms with van der Waals surface area (Å²) in [4.78, 5) is 13.5. The van der Waals surface area contributed by atoms with Crippen molar-refractivity contribution in [1.29, 1.82) is 0 Å². The molecule has 1 heterocycles. The molecule has 0 aromatic carbocycles. The molecule has 1 aliphatic rings. The fraction of sp³-hybridized carbons (Fsp3) is 0.769. The van der Waals surface area contributed by atoms with Crippen molar-refractivity contribution in [3.63, 3.8) is 0 Å². The van der Waals surface area contributed by atoms with Crippen LogP contribution in [0.1, 0.15) is 47.5 Å². The third kappa shape index (κ3) is 4.06. The zero-order valence-electron chi connectivity index (χ0n) is 10.8. The maximum Gasteiger partial charge on any atom is 0.152 e. The van der Waals surface area contributed by atoms with Crippen molar-refractivity contribution < 1.29 is 4.79 Å². The van der Waals surface area contributed by atoms with Gasteiger partial charge < -0.3 is 4.90 Å². The van der Waals surface area contributed by atoms with Crippen molar-refractivity contribution in [3.8, 4) is 0 Å². The van der Waals surface area contributed by atoms with Crippen LogP contribution >= 0.6 is 0 Å². The normalized spacial score (nSPS) is 25.3. The summed E-state index contributed by atoms with van der Waals surface area (Å²) >= 11 is 0. The zero-order chi connectivity index (χ0) is 12.0. The van der Waals surface area contributed by atoms with Crippen LogP contribution in [0, 0.1) is 5.92 Å². The number of likely N-dealkylation sites (tertiary alicyclic amines) is 1. The lowest BCUT2D eigenvalue weighted by Gasteiger charge is -2.39. The second kappa shape index (κ2) is 6.65. The third-order valence-corrected chi connectivity index (χ3v) is 2.78. The topological polar surface area (TPSA) is 20.3 Å². The Kier molecular flexibility index (Phi) is 6.30. The number of piperidine rings is 1. The highest BCUT2D eigenvalue weighted by molar-refractivity contribution is 5.81. The van der Waals surface area contributed by atoms with Gasteiger partial charge in [-0.25, -0.2) is 0 Å². The number of hydrogen-bond acceptors (Lipinski definition) is 2. The first-order valence-electron chi connectivity index (χ1n) is 5.95. The molecule has 1 aliphatic heterocycles. The van der Waals surface area contributed by atoms with E-state index >= 15 is 0 Å². The molecule has 1 fully saturated rings. The highest BCUT2D eigenvalue weighted by atomic mass is 16.1. The van der Waals surface area contributed by atoms with E-state index in [0.29, 0.717) is 5.92 Å². The van der Waals surface area contributed by atoms with Crippen molar-refractivity contribution in [2.75, 3.05) is 6.54 Å². The van der Waals surface area contributed by atoms with E-state index in [1.165, 1.54) is 0 Å². The molecule has 0 bridgehead atoms. The van der Waals surface area contributed by atoms with Gasteiger partial charge in [0, 0.05) is 12.2 Å². The summed E-state index contributed by atoms with van der Waals surface area (Å²) in [7, 11) is 0. The molecular formula is C13H25NO. The maximum atomic E-state index is 11.3. The molecule has 1 rings (SSSR count). The van der Waals surface area contributed by atoms with Crippen LogP contribution in [0.2, 0.25) is 0 Å². The van der Waals surface area contributed by atoms with Gasteiger partial charge in [-0.05, 0) is 32.6 Å². The molecule has 2 atom stereocenters. The van der Waals surface area contributed by atoms with E-state index < -0.39 is 0 Å². The van der Waals surface area contributed by atoms with Gasteiger partial charge in [-0.2, -0.15) is 0 Å². The average molecular weight is 211 g/mol. The zero-order valence-corrected chi connectivity index (χ0v) is 10.8. The molecule has 0 unspecified atom stereocenters. The summed E-state index contributed by atoms with van der Waals surface area (Å²) in [6.07, 6.45) is 2.15. The van der Waals surface area contributed by atoms with E-state index in [2.05, 4.69) is 18.4 Å². The van der Waals surface area contributed by atoms with Gasteiger partial charge in [0.05, 0.1) is 6.04 Å². The van der Waals surface area contributed by atoms with Gasteiger partial charge in [-0.15, -0.1) is 0 Å². The number of Topliss-reactive ketones (excluding diaryl/α,β-unsaturated/α-hetero) is 1. The van der Waals surface area contributed by atoms with Gasteiger partial charge in [0.2, 0.25) is 0 Å². The molecule has 0 N–H and O–H groups in total. The molecule has 0 aromatic heterocycles. The number of rotatable bonds is 2. The summed E-state index contributed by atoms with van der Waals surface area (Å²) in [5.74, 6) is 0.960. The van der Waals surface area contributed by atoms with Gasteiger partial charge >= 0.3 is 0 Å². The SMILES string of the molecule is C=C(C)N1C[C@H](C)CC[C@H]1C(C)=O.CC. The number of ketones is 1. The largest absolute Gasteiger partial charge is 0.365 e. The van der Waals surface area contributed by atoms with E-state index in [0.717, 1.165) is 25.1 Å². The molecule has 0 amide bonds. The smallest absolute Gasteiger partial charge is 0.152 e. The van der Waals surface area contributed by atoms with E-state index in [4.69, 9.17) is 0 Å². The van der Waals surface area contributed by atoms with E-state index in [-0.39, 0.29) is 11.8 Å². The molecule has 2 nitrogen and oxygen atoms in total. The van der Waals surface area contributed by atoms with Crippen LogP contribution in [-0.2, 0) is 4.79 Å². The van der Waals surface area contributed by atoms with Crippen LogP contribution in [0.3, 0.4) is 0 Å². The van der Waals surface area contributed by atoms with Crippen molar-refractivity contribution in [2.24, 2.45) is 5.92 Å². The molecular weight excluding hydrogens is 186 g/mol. The van der Waals surface area contributed by atoms with Crippen LogP contribution in [0.5, 0.6) is 0 Å². The first kappa shape index (κ1) is 14.2. The lowest BCUT2D eigenvalue weighted by molar-refractivity contribution is -0.122. The molecule has 2 heteroatoms. The van der Waals surface area contributed by atoms with Crippen LogP contribution in [0.15, 0.2) is 12.3 Å². The Hall–Kier alpha value is -0.790. The first-order valence-corrected chi connectivity index (χ1v) is 5.95. The molecule has 15 heavy (non-hydrogen) atoms. The number of carbonyl (C=O) groups is 1. The maximum absolute atomic E-state index is 11.3. The summed E-state index contributed by atoms with van der Waals surface area (Å²) in [5, 5.41) is 0. The number of hydrogen-bond donors (Lipinski definition) is 0. The van der Waals surface area contributed by atoms with Crippen molar-refractivity contribution in [1.82, 2.24) is 4.90 Å². The Morgan fingerprint density at radius 2 is 1.80 bits per heavy atom. The molecule has 0 spiro atoms. The molecule has 0 radical (unpaired) electrons. The van der Waals surface area contributed by atoms with Gasteiger partial charge in [0.15, 0.2) is 5.78 Å². The Morgan fingerprint density at radius 1 is 1.27 bits per heavy atom. The van der Waals surface area contributed by atoms with E-state index in [1.54, 1.807) is 6.92 Å². The van der Waals surface area contributed by atoms with Crippen LogP contribution in [0.25, 0.3) is 0 Å². The van der Waals surface area contributed by atoms with Crippen LogP contribution in [0.4, 0.5) is 0 Å². The van der Waals surface area contributed by atoms with Crippen molar-refractivity contribution >= 4 is 5.78 Å².